The van der Waals surface area contributed by atoms with Gasteiger partial charge in [-0.15, -0.1) is 0 Å². The van der Waals surface area contributed by atoms with Crippen molar-refractivity contribution >= 4 is 21.8 Å². The number of hydrogen-bond donors (Lipinski definition) is 2. The Hall–Kier alpha value is -0.870. The first-order chi connectivity index (χ1) is 9.58. The van der Waals surface area contributed by atoms with Crippen LogP contribution in [0.25, 0.3) is 0 Å². The molecule has 0 spiro atoms. The first-order valence-electron chi connectivity index (χ1n) is 7.24. The van der Waals surface area contributed by atoms with Crippen LogP contribution in [0.2, 0.25) is 0 Å². The normalized spacial score (nSPS) is 18.8. The van der Waals surface area contributed by atoms with Crippen molar-refractivity contribution in [1.29, 1.82) is 0 Å². The summed E-state index contributed by atoms with van der Waals surface area (Å²) in [4.78, 5) is 12.7. The molecule has 4 heteroatoms. The van der Waals surface area contributed by atoms with Gasteiger partial charge in [0.15, 0.2) is 0 Å². The highest BCUT2D eigenvalue weighted by Gasteiger charge is 2.42. The van der Waals surface area contributed by atoms with Crippen molar-refractivity contribution < 1.29 is 9.90 Å². The van der Waals surface area contributed by atoms with Gasteiger partial charge in [0.25, 0.3) is 0 Å². The van der Waals surface area contributed by atoms with E-state index in [-0.39, 0.29) is 23.8 Å². The number of aliphatic hydroxyl groups excluding tert-OH is 1. The van der Waals surface area contributed by atoms with Gasteiger partial charge < -0.3 is 10.4 Å². The van der Waals surface area contributed by atoms with Gasteiger partial charge in [-0.05, 0) is 36.5 Å². The number of nitrogens with one attached hydrogen (secondary N) is 1. The number of halogens is 1. The number of benzene rings is 1. The quantitative estimate of drug-likeness (QED) is 0.866. The second-order valence-corrected chi connectivity index (χ2v) is 6.71. The minimum Gasteiger partial charge on any atom is -0.396 e. The summed E-state index contributed by atoms with van der Waals surface area (Å²) in [5.74, 6) is 0.202. The summed E-state index contributed by atoms with van der Waals surface area (Å²) in [5.41, 5.74) is 0.706. The lowest BCUT2D eigenvalue weighted by atomic mass is 9.78. The van der Waals surface area contributed by atoms with Crippen molar-refractivity contribution in [2.45, 2.75) is 38.0 Å². The van der Waals surface area contributed by atoms with E-state index in [1.807, 2.05) is 25.1 Å². The van der Waals surface area contributed by atoms with Crippen molar-refractivity contribution in [1.82, 2.24) is 5.32 Å². The Morgan fingerprint density at radius 2 is 2.15 bits per heavy atom. The summed E-state index contributed by atoms with van der Waals surface area (Å²) >= 11 is 3.49. The van der Waals surface area contributed by atoms with E-state index in [9.17, 15) is 4.79 Å². The molecule has 1 amide bonds. The van der Waals surface area contributed by atoms with Gasteiger partial charge in [0.05, 0.1) is 5.41 Å². The van der Waals surface area contributed by atoms with Crippen LogP contribution < -0.4 is 5.32 Å². The summed E-state index contributed by atoms with van der Waals surface area (Å²) < 4.78 is 1.01. The monoisotopic (exact) mass is 339 g/mol. The van der Waals surface area contributed by atoms with Gasteiger partial charge in [-0.1, -0.05) is 47.8 Å². The molecule has 1 atom stereocenters. The maximum atomic E-state index is 12.7. The highest BCUT2D eigenvalue weighted by molar-refractivity contribution is 9.10. The summed E-state index contributed by atoms with van der Waals surface area (Å²) in [6.45, 7) is 2.57. The average Bonchev–Trinajstić information content (AvgIpc) is 2.95. The van der Waals surface area contributed by atoms with E-state index in [2.05, 4.69) is 27.3 Å². The van der Waals surface area contributed by atoms with Gasteiger partial charge in [-0.2, -0.15) is 0 Å². The summed E-state index contributed by atoms with van der Waals surface area (Å²) in [7, 11) is 0. The fourth-order valence-corrected chi connectivity index (χ4v) is 3.31. The largest absolute Gasteiger partial charge is 0.396 e. The lowest BCUT2D eigenvalue weighted by Crippen LogP contribution is -2.44. The maximum Gasteiger partial charge on any atom is 0.230 e. The van der Waals surface area contributed by atoms with Crippen LogP contribution >= 0.6 is 15.9 Å². The third-order valence-electron chi connectivity index (χ3n) is 4.19. The molecule has 1 aliphatic carbocycles. The highest BCUT2D eigenvalue weighted by Crippen LogP contribution is 2.42. The van der Waals surface area contributed by atoms with E-state index in [1.165, 1.54) is 0 Å². The van der Waals surface area contributed by atoms with E-state index >= 15 is 0 Å². The molecule has 1 aromatic carbocycles. The third-order valence-corrected chi connectivity index (χ3v) is 4.68. The van der Waals surface area contributed by atoms with Gasteiger partial charge >= 0.3 is 0 Å². The Bertz CT molecular complexity index is 469. The Kier molecular flexibility index (Phi) is 5.22. The summed E-state index contributed by atoms with van der Waals surface area (Å²) in [6, 6.07) is 8.08. The second-order valence-electron chi connectivity index (χ2n) is 5.80. The predicted molar refractivity (Wildman–Crippen MR) is 83.5 cm³/mol. The molecular formula is C16H22BrNO2. The molecule has 1 fully saturated rings. The van der Waals surface area contributed by atoms with Crippen molar-refractivity contribution in [3.63, 3.8) is 0 Å². The second kappa shape index (κ2) is 6.72. The molecule has 2 N–H and O–H groups in total. The molecule has 1 saturated carbocycles. The minimum absolute atomic E-state index is 0.0971. The van der Waals surface area contributed by atoms with Crippen LogP contribution in [-0.2, 0) is 10.2 Å². The molecule has 2 rings (SSSR count). The van der Waals surface area contributed by atoms with Crippen molar-refractivity contribution in [3.8, 4) is 0 Å². The molecule has 0 heterocycles. The maximum absolute atomic E-state index is 12.7. The van der Waals surface area contributed by atoms with E-state index in [1.54, 1.807) is 0 Å². The lowest BCUT2D eigenvalue weighted by molar-refractivity contribution is -0.126. The zero-order chi connectivity index (χ0) is 14.6. The molecule has 1 aromatic rings. The number of carbonyl (C=O) groups excluding carboxylic acids is 1. The predicted octanol–water partition coefficient (Wildman–Crippen LogP) is 3.01. The van der Waals surface area contributed by atoms with Crippen LogP contribution in [0.4, 0.5) is 0 Å². The van der Waals surface area contributed by atoms with Gasteiger partial charge in [-0.3, -0.25) is 4.79 Å². The first kappa shape index (κ1) is 15.5. The van der Waals surface area contributed by atoms with E-state index in [0.717, 1.165) is 35.7 Å². The Balaban J connectivity index is 2.19. The molecule has 110 valence electrons. The van der Waals surface area contributed by atoms with Gasteiger partial charge in [-0.25, -0.2) is 0 Å². The van der Waals surface area contributed by atoms with Gasteiger partial charge in [0.2, 0.25) is 5.91 Å². The molecule has 0 aromatic heterocycles. The number of aliphatic hydroxyl groups is 1. The SMILES string of the molecule is CC(CO)CNC(=O)C1(c2cccc(Br)c2)CCCC1. The summed E-state index contributed by atoms with van der Waals surface area (Å²) in [6.07, 6.45) is 4.00. The molecule has 0 bridgehead atoms. The van der Waals surface area contributed by atoms with Crippen LogP contribution in [0.5, 0.6) is 0 Å². The van der Waals surface area contributed by atoms with Crippen molar-refractivity contribution in [3.05, 3.63) is 34.3 Å². The zero-order valence-corrected chi connectivity index (χ0v) is 13.4. The van der Waals surface area contributed by atoms with Gasteiger partial charge in [0, 0.05) is 17.6 Å². The Labute approximate surface area is 128 Å². The molecule has 3 nitrogen and oxygen atoms in total. The number of rotatable bonds is 5. The van der Waals surface area contributed by atoms with E-state index < -0.39 is 0 Å². The van der Waals surface area contributed by atoms with E-state index in [4.69, 9.17) is 5.11 Å². The third kappa shape index (κ3) is 3.23. The van der Waals surface area contributed by atoms with E-state index in [0.29, 0.717) is 6.54 Å². The van der Waals surface area contributed by atoms with Crippen LogP contribution in [0, 0.1) is 5.92 Å². The minimum atomic E-state index is -0.390. The van der Waals surface area contributed by atoms with Gasteiger partial charge in [0.1, 0.15) is 0 Å². The molecule has 1 aliphatic rings. The van der Waals surface area contributed by atoms with Crippen LogP contribution in [0.15, 0.2) is 28.7 Å². The Morgan fingerprint density at radius 1 is 1.45 bits per heavy atom. The zero-order valence-electron chi connectivity index (χ0n) is 11.9. The van der Waals surface area contributed by atoms with Crippen LogP contribution in [0.1, 0.15) is 38.2 Å². The fourth-order valence-electron chi connectivity index (χ4n) is 2.91. The van der Waals surface area contributed by atoms with Crippen molar-refractivity contribution in [2.75, 3.05) is 13.2 Å². The summed E-state index contributed by atoms with van der Waals surface area (Å²) in [5, 5.41) is 12.1. The number of amides is 1. The number of carbonyl (C=O) groups is 1. The van der Waals surface area contributed by atoms with Crippen LogP contribution in [0.3, 0.4) is 0 Å². The molecule has 1 unspecified atom stereocenters. The topological polar surface area (TPSA) is 49.3 Å². The molecule has 0 saturated heterocycles. The average molecular weight is 340 g/mol. The molecule has 0 aliphatic heterocycles. The molecule has 0 radical (unpaired) electrons. The van der Waals surface area contributed by atoms with Crippen molar-refractivity contribution in [2.24, 2.45) is 5.92 Å². The lowest BCUT2D eigenvalue weighted by Gasteiger charge is -2.29. The number of hydrogen-bond acceptors (Lipinski definition) is 2. The highest BCUT2D eigenvalue weighted by atomic mass is 79.9. The molecule has 20 heavy (non-hydrogen) atoms. The van der Waals surface area contributed by atoms with Crippen LogP contribution in [-0.4, -0.2) is 24.2 Å². The fraction of sp³-hybridized carbons (Fsp3) is 0.562. The standard InChI is InChI=1S/C16H22BrNO2/c1-12(11-19)10-18-15(20)16(7-2-3-8-16)13-5-4-6-14(17)9-13/h4-6,9,12,19H,2-3,7-8,10-11H2,1H3,(H,18,20). The first-order valence-corrected chi connectivity index (χ1v) is 8.03. The smallest absolute Gasteiger partial charge is 0.230 e. The Morgan fingerprint density at radius 3 is 2.75 bits per heavy atom. The molecular weight excluding hydrogens is 318 g/mol.